The Morgan fingerprint density at radius 2 is 1.94 bits per heavy atom. The molecule has 1 N–H and O–H groups in total. The summed E-state index contributed by atoms with van der Waals surface area (Å²) in [6.45, 7) is 4.27. The van der Waals surface area contributed by atoms with E-state index >= 15 is 0 Å². The Kier molecular flexibility index (Phi) is 6.54. The molecule has 0 saturated carbocycles. The summed E-state index contributed by atoms with van der Waals surface area (Å²) in [7, 11) is -1.60. The van der Waals surface area contributed by atoms with E-state index in [0.29, 0.717) is 25.1 Å². The van der Waals surface area contributed by atoms with Crippen LogP contribution in [0, 0.1) is 12.8 Å². The number of carbonyl (C=O) groups is 3. The number of benzene rings is 1. The predicted octanol–water partition coefficient (Wildman–Crippen LogP) is 1.46. The number of piperidine rings is 1. The summed E-state index contributed by atoms with van der Waals surface area (Å²) >= 11 is 0. The minimum atomic E-state index is -3.40. The minimum Gasteiger partial charge on any atom is -0.340 e. The fraction of sp³-hybridized carbons (Fsp3) is 0.500. The van der Waals surface area contributed by atoms with E-state index in [0.717, 1.165) is 22.7 Å². The van der Waals surface area contributed by atoms with Gasteiger partial charge >= 0.3 is 0 Å². The molecule has 31 heavy (non-hydrogen) atoms. The number of nitrogens with one attached hydrogen (secondary N) is 1. The Labute approximate surface area is 182 Å². The van der Waals surface area contributed by atoms with Gasteiger partial charge in [0.05, 0.1) is 0 Å². The number of Topliss-reactive ketones (excluding diaryl/α,β-unsaturated/α-hetero) is 1. The van der Waals surface area contributed by atoms with Crippen LogP contribution in [0.15, 0.2) is 24.3 Å². The van der Waals surface area contributed by atoms with Crippen LogP contribution in [0.5, 0.6) is 0 Å². The lowest BCUT2D eigenvalue weighted by molar-refractivity contribution is -0.136. The van der Waals surface area contributed by atoms with Crippen LogP contribution in [0.4, 0.5) is 0 Å². The molecule has 0 bridgehead atoms. The first-order valence-electron chi connectivity index (χ1n) is 10.3. The fourth-order valence-electron chi connectivity index (χ4n) is 4.11. The second kappa shape index (κ2) is 8.82. The van der Waals surface area contributed by atoms with Gasteiger partial charge in [0.15, 0.2) is 15.6 Å². The Hall–Kier alpha value is -2.68. The number of rotatable bonds is 6. The van der Waals surface area contributed by atoms with Crippen LogP contribution < -0.4 is 5.32 Å². The third-order valence-corrected chi connectivity index (χ3v) is 6.55. The van der Waals surface area contributed by atoms with E-state index < -0.39 is 27.5 Å². The van der Waals surface area contributed by atoms with Gasteiger partial charge in [-0.25, -0.2) is 8.42 Å². The van der Waals surface area contributed by atoms with E-state index in [-0.39, 0.29) is 24.1 Å². The number of amides is 2. The standard InChI is InChI=1S/C22H29N3O5S/c1-14-7-8-18-17(10-14)11-19(24(18)3)21(27)23-15(2)22(28)25-9-5-6-16(12-25)20(26)13-31(4,29)30/h7-8,10-11,15-16H,5-6,9,12-13H2,1-4H3,(H,23,27)/t15-,16-/m1/s1. The molecule has 2 heterocycles. The van der Waals surface area contributed by atoms with Gasteiger partial charge in [-0.05, 0) is 44.9 Å². The SMILES string of the molecule is Cc1ccc2c(c1)cc(C(=O)N[C@H](C)C(=O)N1CCC[C@@H](C(=O)CS(C)(=O)=O)C1)n2C. The zero-order chi connectivity index (χ0) is 22.9. The monoisotopic (exact) mass is 447 g/mol. The highest BCUT2D eigenvalue weighted by atomic mass is 32.2. The van der Waals surface area contributed by atoms with Crippen molar-refractivity contribution < 1.29 is 22.8 Å². The molecule has 1 aliphatic heterocycles. The first-order valence-corrected chi connectivity index (χ1v) is 12.4. The molecule has 1 aromatic heterocycles. The highest BCUT2D eigenvalue weighted by Crippen LogP contribution is 2.21. The van der Waals surface area contributed by atoms with Crippen molar-refractivity contribution in [3.05, 3.63) is 35.5 Å². The molecule has 2 aromatic rings. The van der Waals surface area contributed by atoms with Crippen LogP contribution in [0.25, 0.3) is 10.9 Å². The van der Waals surface area contributed by atoms with Crippen LogP contribution in [0.2, 0.25) is 0 Å². The molecule has 1 saturated heterocycles. The number of aromatic nitrogens is 1. The van der Waals surface area contributed by atoms with E-state index in [4.69, 9.17) is 0 Å². The Morgan fingerprint density at radius 3 is 2.61 bits per heavy atom. The normalized spacial score (nSPS) is 18.1. The minimum absolute atomic E-state index is 0.181. The third kappa shape index (κ3) is 5.33. The summed E-state index contributed by atoms with van der Waals surface area (Å²) in [5.74, 6) is -1.98. The van der Waals surface area contributed by atoms with Crippen molar-refractivity contribution >= 4 is 38.3 Å². The number of ketones is 1. The van der Waals surface area contributed by atoms with E-state index in [1.165, 1.54) is 0 Å². The van der Waals surface area contributed by atoms with Crippen molar-refractivity contribution in [3.63, 3.8) is 0 Å². The third-order valence-electron chi connectivity index (χ3n) is 5.74. The number of sulfone groups is 1. The molecule has 0 aliphatic carbocycles. The molecule has 2 atom stereocenters. The number of likely N-dealkylation sites (tertiary alicyclic amines) is 1. The maximum absolute atomic E-state index is 12.9. The van der Waals surface area contributed by atoms with Crippen molar-refractivity contribution in [1.29, 1.82) is 0 Å². The van der Waals surface area contributed by atoms with Gasteiger partial charge in [-0.2, -0.15) is 0 Å². The molecule has 1 fully saturated rings. The molecule has 9 heteroatoms. The molecule has 0 radical (unpaired) electrons. The zero-order valence-electron chi connectivity index (χ0n) is 18.3. The molecule has 2 amide bonds. The average Bonchev–Trinajstić information content (AvgIpc) is 3.02. The fourth-order valence-corrected chi connectivity index (χ4v) is 4.86. The van der Waals surface area contributed by atoms with Gasteiger partial charge in [0.25, 0.3) is 5.91 Å². The molecule has 0 unspecified atom stereocenters. The number of aryl methyl sites for hydroxylation is 2. The second-order valence-electron chi connectivity index (χ2n) is 8.51. The van der Waals surface area contributed by atoms with E-state index in [2.05, 4.69) is 5.32 Å². The molecule has 168 valence electrons. The highest BCUT2D eigenvalue weighted by Gasteiger charge is 2.32. The number of carbonyl (C=O) groups excluding carboxylic acids is 3. The van der Waals surface area contributed by atoms with Gasteiger partial charge < -0.3 is 14.8 Å². The summed E-state index contributed by atoms with van der Waals surface area (Å²) < 4.78 is 24.6. The average molecular weight is 448 g/mol. The summed E-state index contributed by atoms with van der Waals surface area (Å²) in [5, 5.41) is 3.71. The first kappa shape index (κ1) is 23.0. The predicted molar refractivity (Wildman–Crippen MR) is 119 cm³/mol. The number of hydrogen-bond donors (Lipinski definition) is 1. The second-order valence-corrected chi connectivity index (χ2v) is 10.6. The maximum atomic E-state index is 12.9. The quantitative estimate of drug-likeness (QED) is 0.722. The van der Waals surface area contributed by atoms with Crippen molar-refractivity contribution in [3.8, 4) is 0 Å². The first-order chi connectivity index (χ1) is 14.5. The van der Waals surface area contributed by atoms with Gasteiger partial charge in [0.1, 0.15) is 17.5 Å². The largest absolute Gasteiger partial charge is 0.340 e. The summed E-state index contributed by atoms with van der Waals surface area (Å²) in [6, 6.07) is 6.97. The molecule has 1 aromatic carbocycles. The lowest BCUT2D eigenvalue weighted by atomic mass is 9.94. The summed E-state index contributed by atoms with van der Waals surface area (Å²) in [6.07, 6.45) is 2.21. The number of hydrogen-bond acceptors (Lipinski definition) is 5. The summed E-state index contributed by atoms with van der Waals surface area (Å²) in [5.41, 5.74) is 2.48. The Bertz CT molecular complexity index is 1140. The van der Waals surface area contributed by atoms with E-state index in [9.17, 15) is 22.8 Å². The van der Waals surface area contributed by atoms with Gasteiger partial charge in [0.2, 0.25) is 5.91 Å². The molecular formula is C22H29N3O5S. The molecule has 3 rings (SSSR count). The van der Waals surface area contributed by atoms with Crippen molar-refractivity contribution in [1.82, 2.24) is 14.8 Å². The molecular weight excluding hydrogens is 418 g/mol. The van der Waals surface area contributed by atoms with Crippen LogP contribution in [0.1, 0.15) is 35.8 Å². The molecule has 0 spiro atoms. The lowest BCUT2D eigenvalue weighted by Crippen LogP contribution is -2.51. The van der Waals surface area contributed by atoms with Gasteiger partial charge in [0, 0.05) is 43.2 Å². The highest BCUT2D eigenvalue weighted by molar-refractivity contribution is 7.91. The van der Waals surface area contributed by atoms with Crippen molar-refractivity contribution in [2.24, 2.45) is 13.0 Å². The number of nitrogens with zero attached hydrogens (tertiary/aromatic N) is 2. The number of fused-ring (bicyclic) bond motifs is 1. The molecule has 1 aliphatic rings. The van der Waals surface area contributed by atoms with E-state index in [1.54, 1.807) is 22.5 Å². The molecule has 8 nitrogen and oxygen atoms in total. The lowest BCUT2D eigenvalue weighted by Gasteiger charge is -2.33. The van der Waals surface area contributed by atoms with Crippen LogP contribution in [-0.2, 0) is 26.5 Å². The van der Waals surface area contributed by atoms with Gasteiger partial charge in [-0.15, -0.1) is 0 Å². The summed E-state index contributed by atoms with van der Waals surface area (Å²) in [4.78, 5) is 39.5. The van der Waals surface area contributed by atoms with Crippen LogP contribution >= 0.6 is 0 Å². The topological polar surface area (TPSA) is 106 Å². The van der Waals surface area contributed by atoms with Crippen molar-refractivity contribution in [2.45, 2.75) is 32.7 Å². The Balaban J connectivity index is 1.66. The van der Waals surface area contributed by atoms with Crippen LogP contribution in [0.3, 0.4) is 0 Å². The maximum Gasteiger partial charge on any atom is 0.268 e. The van der Waals surface area contributed by atoms with Gasteiger partial charge in [-0.1, -0.05) is 11.6 Å². The van der Waals surface area contributed by atoms with E-state index in [1.807, 2.05) is 32.2 Å². The smallest absolute Gasteiger partial charge is 0.268 e. The Morgan fingerprint density at radius 1 is 1.23 bits per heavy atom. The zero-order valence-corrected chi connectivity index (χ0v) is 19.2. The van der Waals surface area contributed by atoms with Gasteiger partial charge in [-0.3, -0.25) is 14.4 Å². The van der Waals surface area contributed by atoms with Crippen molar-refractivity contribution in [2.75, 3.05) is 25.1 Å². The van der Waals surface area contributed by atoms with Crippen LogP contribution in [-0.4, -0.2) is 66.6 Å².